The fourth-order valence-electron chi connectivity index (χ4n) is 1.46. The number of hydrogen-bond donors (Lipinski definition) is 0. The van der Waals surface area contributed by atoms with Crippen LogP contribution in [-0.2, 0) is 0 Å². The van der Waals surface area contributed by atoms with Crippen LogP contribution in [0.2, 0.25) is 0 Å². The van der Waals surface area contributed by atoms with Gasteiger partial charge in [0.25, 0.3) is 5.91 Å². The predicted octanol–water partition coefficient (Wildman–Crippen LogP) is 1.49. The third-order valence-electron chi connectivity index (χ3n) is 2.30. The first-order valence-corrected chi connectivity index (χ1v) is 5.36. The molecule has 0 aliphatic carbocycles. The summed E-state index contributed by atoms with van der Waals surface area (Å²) < 4.78 is 12.1. The number of likely N-dealkylation sites (tertiary alicyclic amines) is 1. The molecule has 0 radical (unpaired) electrons. The summed E-state index contributed by atoms with van der Waals surface area (Å²) in [6.45, 7) is 2.60. The third kappa shape index (κ3) is 1.64. The second-order valence-corrected chi connectivity index (χ2v) is 4.54. The van der Waals surface area contributed by atoms with E-state index in [0.717, 1.165) is 5.01 Å². The van der Waals surface area contributed by atoms with E-state index in [4.69, 9.17) is 0 Å². The lowest BCUT2D eigenvalue weighted by atomic mass is 10.0. The highest BCUT2D eigenvalue weighted by Crippen LogP contribution is 2.19. The Kier molecular flexibility index (Phi) is 2.50. The molecule has 1 aromatic heterocycles. The van der Waals surface area contributed by atoms with Crippen molar-refractivity contribution in [3.05, 3.63) is 16.1 Å². The summed E-state index contributed by atoms with van der Waals surface area (Å²) in [5.41, 5.74) is 0.491. The summed E-state index contributed by atoms with van der Waals surface area (Å²) in [5.74, 6) is -0.0299. The van der Waals surface area contributed by atoms with Crippen LogP contribution in [0.3, 0.4) is 0 Å². The van der Waals surface area contributed by atoms with Crippen LogP contribution in [0.4, 0.5) is 4.39 Å². The number of hydrogen-bond acceptors (Lipinski definition) is 3. The topological polar surface area (TPSA) is 33.2 Å². The molecule has 3 nitrogen and oxygen atoms in total. The first-order chi connectivity index (χ1) is 6.70. The van der Waals surface area contributed by atoms with E-state index >= 15 is 0 Å². The Morgan fingerprint density at radius 1 is 1.79 bits per heavy atom. The number of aromatic nitrogens is 1. The molecule has 2 rings (SSSR count). The van der Waals surface area contributed by atoms with Gasteiger partial charge in [0.1, 0.15) is 5.69 Å². The molecular formula is C9H11FN2OS. The lowest BCUT2D eigenvalue weighted by molar-refractivity contribution is 0.0447. The molecule has 1 amide bonds. The number of nitrogens with zero attached hydrogens (tertiary/aromatic N) is 2. The molecule has 0 bridgehead atoms. The average molecular weight is 214 g/mol. The minimum atomic E-state index is -0.333. The largest absolute Gasteiger partial charge is 0.336 e. The maximum atomic E-state index is 12.1. The highest BCUT2D eigenvalue weighted by molar-refractivity contribution is 7.09. The minimum absolute atomic E-state index is 0.0404. The third-order valence-corrected chi connectivity index (χ3v) is 3.07. The summed E-state index contributed by atoms with van der Waals surface area (Å²) in [6, 6.07) is 0. The fourth-order valence-corrected chi connectivity index (χ4v) is 2.04. The Morgan fingerprint density at radius 3 is 3.00 bits per heavy atom. The van der Waals surface area contributed by atoms with Crippen LogP contribution < -0.4 is 0 Å². The van der Waals surface area contributed by atoms with Crippen molar-refractivity contribution in [2.45, 2.75) is 6.92 Å². The Bertz CT molecular complexity index is 346. The maximum Gasteiger partial charge on any atom is 0.273 e. The molecule has 1 aliphatic rings. The Balaban J connectivity index is 1.97. The maximum absolute atomic E-state index is 12.1. The van der Waals surface area contributed by atoms with E-state index in [9.17, 15) is 9.18 Å². The summed E-state index contributed by atoms with van der Waals surface area (Å²) in [4.78, 5) is 17.4. The van der Waals surface area contributed by atoms with Gasteiger partial charge in [0, 0.05) is 24.4 Å². The van der Waals surface area contributed by atoms with Crippen LogP contribution >= 0.6 is 11.3 Å². The molecule has 5 heteroatoms. The molecule has 0 unspecified atom stereocenters. The summed E-state index contributed by atoms with van der Waals surface area (Å²) in [7, 11) is 0. The number of thiazole rings is 1. The number of carbonyl (C=O) groups excluding carboxylic acids is 1. The molecule has 0 aromatic carbocycles. The van der Waals surface area contributed by atoms with Crippen LogP contribution in [0.5, 0.6) is 0 Å². The van der Waals surface area contributed by atoms with Gasteiger partial charge in [-0.25, -0.2) is 4.98 Å². The number of halogens is 1. The van der Waals surface area contributed by atoms with Crippen molar-refractivity contribution in [2.24, 2.45) is 5.92 Å². The molecule has 0 saturated carbocycles. The number of rotatable bonds is 2. The first-order valence-electron chi connectivity index (χ1n) is 4.48. The molecule has 0 N–H and O–H groups in total. The molecule has 1 aromatic rings. The number of aryl methyl sites for hydroxylation is 1. The van der Waals surface area contributed by atoms with Gasteiger partial charge < -0.3 is 4.90 Å². The normalized spacial score (nSPS) is 16.9. The summed E-state index contributed by atoms with van der Waals surface area (Å²) in [5, 5.41) is 2.64. The van der Waals surface area contributed by atoms with Gasteiger partial charge in [-0.15, -0.1) is 11.3 Å². The molecule has 0 spiro atoms. The van der Waals surface area contributed by atoms with E-state index in [1.807, 2.05) is 6.92 Å². The van der Waals surface area contributed by atoms with Crippen molar-refractivity contribution >= 4 is 17.2 Å². The highest BCUT2D eigenvalue weighted by Gasteiger charge is 2.31. The summed E-state index contributed by atoms with van der Waals surface area (Å²) >= 11 is 1.46. The molecule has 1 saturated heterocycles. The van der Waals surface area contributed by atoms with E-state index in [1.165, 1.54) is 11.3 Å². The number of carbonyl (C=O) groups is 1. The van der Waals surface area contributed by atoms with Crippen molar-refractivity contribution < 1.29 is 9.18 Å². The molecule has 1 fully saturated rings. The molecule has 2 heterocycles. The van der Waals surface area contributed by atoms with Gasteiger partial charge in [0.15, 0.2) is 0 Å². The summed E-state index contributed by atoms with van der Waals surface area (Å²) in [6.07, 6.45) is 0. The van der Waals surface area contributed by atoms with E-state index < -0.39 is 0 Å². The smallest absolute Gasteiger partial charge is 0.273 e. The van der Waals surface area contributed by atoms with Crippen LogP contribution in [0, 0.1) is 12.8 Å². The van der Waals surface area contributed by atoms with Crippen molar-refractivity contribution in [2.75, 3.05) is 19.8 Å². The Labute approximate surface area is 85.6 Å². The molecule has 0 atom stereocenters. The Hall–Kier alpha value is -0.970. The Morgan fingerprint density at radius 2 is 2.50 bits per heavy atom. The quantitative estimate of drug-likeness (QED) is 0.747. The van der Waals surface area contributed by atoms with Gasteiger partial charge in [0.2, 0.25) is 0 Å². The van der Waals surface area contributed by atoms with Gasteiger partial charge in [-0.3, -0.25) is 9.18 Å². The van der Waals surface area contributed by atoms with Crippen LogP contribution in [-0.4, -0.2) is 35.6 Å². The molecule has 1 aliphatic heterocycles. The van der Waals surface area contributed by atoms with E-state index in [-0.39, 0.29) is 18.5 Å². The fraction of sp³-hybridized carbons (Fsp3) is 0.556. The van der Waals surface area contributed by atoms with Crippen molar-refractivity contribution in [3.8, 4) is 0 Å². The standard InChI is InChI=1S/C9H11FN2OS/c1-6-11-8(5-14-6)9(13)12-3-7(2-10)4-12/h5,7H,2-4H2,1H3. The van der Waals surface area contributed by atoms with Gasteiger partial charge in [-0.2, -0.15) is 0 Å². The van der Waals surface area contributed by atoms with Crippen molar-refractivity contribution in [1.29, 1.82) is 0 Å². The van der Waals surface area contributed by atoms with Crippen LogP contribution in [0.25, 0.3) is 0 Å². The predicted molar refractivity (Wildman–Crippen MR) is 52.2 cm³/mol. The molecule has 14 heavy (non-hydrogen) atoms. The second kappa shape index (κ2) is 3.65. The second-order valence-electron chi connectivity index (χ2n) is 3.48. The van der Waals surface area contributed by atoms with Crippen molar-refractivity contribution in [3.63, 3.8) is 0 Å². The highest BCUT2D eigenvalue weighted by atomic mass is 32.1. The monoisotopic (exact) mass is 214 g/mol. The van der Waals surface area contributed by atoms with Crippen LogP contribution in [0.15, 0.2) is 5.38 Å². The van der Waals surface area contributed by atoms with E-state index in [2.05, 4.69) is 4.98 Å². The van der Waals surface area contributed by atoms with Crippen LogP contribution in [0.1, 0.15) is 15.5 Å². The minimum Gasteiger partial charge on any atom is -0.336 e. The lowest BCUT2D eigenvalue weighted by Gasteiger charge is -2.37. The zero-order valence-corrected chi connectivity index (χ0v) is 8.68. The zero-order valence-electron chi connectivity index (χ0n) is 7.86. The van der Waals surface area contributed by atoms with Crippen molar-refractivity contribution in [1.82, 2.24) is 9.88 Å². The van der Waals surface area contributed by atoms with E-state index in [0.29, 0.717) is 18.8 Å². The number of alkyl halides is 1. The lowest BCUT2D eigenvalue weighted by Crippen LogP contribution is -2.50. The first kappa shape index (κ1) is 9.58. The van der Waals surface area contributed by atoms with Gasteiger partial charge in [-0.1, -0.05) is 0 Å². The SMILES string of the molecule is Cc1nc(C(=O)N2CC(CF)C2)cs1. The molecular weight excluding hydrogens is 203 g/mol. The number of amides is 1. The van der Waals surface area contributed by atoms with Gasteiger partial charge >= 0.3 is 0 Å². The van der Waals surface area contributed by atoms with E-state index in [1.54, 1.807) is 10.3 Å². The van der Waals surface area contributed by atoms with Gasteiger partial charge in [0.05, 0.1) is 11.7 Å². The average Bonchev–Trinajstić information content (AvgIpc) is 2.49. The van der Waals surface area contributed by atoms with Gasteiger partial charge in [-0.05, 0) is 6.92 Å². The molecule has 76 valence electrons. The zero-order chi connectivity index (χ0) is 10.1.